The highest BCUT2D eigenvalue weighted by atomic mass is 32.2. The Morgan fingerprint density at radius 3 is 2.14 bits per heavy atom. The van der Waals surface area contributed by atoms with Crippen molar-refractivity contribution in [1.29, 1.82) is 0 Å². The van der Waals surface area contributed by atoms with Gasteiger partial charge < -0.3 is 0 Å². The molecule has 0 amide bonds. The summed E-state index contributed by atoms with van der Waals surface area (Å²) in [6.45, 7) is 0. The fourth-order valence-electron chi connectivity index (χ4n) is 6.75. The molecule has 0 bridgehead atoms. The summed E-state index contributed by atoms with van der Waals surface area (Å²) in [5.74, 6) is 0.697. The van der Waals surface area contributed by atoms with Gasteiger partial charge in [0.05, 0.1) is 31.0 Å². The Kier molecular flexibility index (Phi) is 4.75. The molecule has 0 atom stereocenters. The van der Waals surface area contributed by atoms with E-state index in [9.17, 15) is 0 Å². The molecule has 0 aliphatic carbocycles. The van der Waals surface area contributed by atoms with Crippen LogP contribution in [0.3, 0.4) is 0 Å². The molecule has 0 aliphatic rings. The monoisotopic (exact) mass is 583 g/mol. The van der Waals surface area contributed by atoms with Crippen molar-refractivity contribution in [1.82, 2.24) is 14.5 Å². The van der Waals surface area contributed by atoms with Crippen LogP contribution in [0, 0.1) is 0 Å². The van der Waals surface area contributed by atoms with Gasteiger partial charge in [-0.15, -0.1) is 22.7 Å². The van der Waals surface area contributed by atoms with Crippen LogP contribution in [0.1, 0.15) is 0 Å². The number of hydrogen-bond acceptors (Lipinski definition) is 4. The number of para-hydroxylation sites is 1. The largest absolute Gasteiger partial charge is 0.276 e. The van der Waals surface area contributed by atoms with Crippen LogP contribution in [0.5, 0.6) is 0 Å². The second-order valence-corrected chi connectivity index (χ2v) is 13.3. The van der Waals surface area contributed by atoms with Crippen molar-refractivity contribution in [2.24, 2.45) is 0 Å². The zero-order chi connectivity index (χ0) is 28.1. The summed E-state index contributed by atoms with van der Waals surface area (Å²) in [5, 5.41) is 9.79. The first-order valence-electron chi connectivity index (χ1n) is 14.3. The van der Waals surface area contributed by atoms with Crippen molar-refractivity contribution in [2.75, 3.05) is 0 Å². The molecule has 10 aromatic rings. The number of benzene rings is 6. The molecule has 4 aromatic heterocycles. The van der Waals surface area contributed by atoms with E-state index in [1.807, 2.05) is 22.7 Å². The summed E-state index contributed by atoms with van der Waals surface area (Å²) in [6.07, 6.45) is 0. The predicted octanol–water partition coefficient (Wildman–Crippen LogP) is 11.1. The molecule has 3 nitrogen and oxygen atoms in total. The van der Waals surface area contributed by atoms with Crippen molar-refractivity contribution in [3.8, 4) is 17.2 Å². The van der Waals surface area contributed by atoms with Gasteiger partial charge in [0.25, 0.3) is 0 Å². The average Bonchev–Trinajstić information content (AvgIpc) is 3.72. The third-order valence-electron chi connectivity index (χ3n) is 8.64. The van der Waals surface area contributed by atoms with Gasteiger partial charge >= 0.3 is 0 Å². The molecule has 0 fully saturated rings. The van der Waals surface area contributed by atoms with E-state index in [0.29, 0.717) is 5.95 Å². The lowest BCUT2D eigenvalue weighted by atomic mass is 10.0. The van der Waals surface area contributed by atoms with Gasteiger partial charge in [0.1, 0.15) is 0 Å². The van der Waals surface area contributed by atoms with Gasteiger partial charge in [-0.1, -0.05) is 109 Å². The molecule has 0 spiro atoms. The highest BCUT2D eigenvalue weighted by Crippen LogP contribution is 2.48. The minimum atomic E-state index is 0.697. The normalized spacial score (nSPS) is 12.2. The highest BCUT2D eigenvalue weighted by molar-refractivity contribution is 7.45. The van der Waals surface area contributed by atoms with Crippen molar-refractivity contribution in [3.63, 3.8) is 0 Å². The molecule has 0 N–H and O–H groups in total. The summed E-state index contributed by atoms with van der Waals surface area (Å²) in [4.78, 5) is 10.8. The molecule has 0 radical (unpaired) electrons. The smallest absolute Gasteiger partial charge is 0.235 e. The number of fused-ring (bicyclic) bond motifs is 12. The Balaban J connectivity index is 1.40. The van der Waals surface area contributed by atoms with Crippen LogP contribution in [-0.2, 0) is 0 Å². The summed E-state index contributed by atoms with van der Waals surface area (Å²) in [6, 6.07) is 45.4. The fourth-order valence-corrected chi connectivity index (χ4v) is 9.47. The van der Waals surface area contributed by atoms with Gasteiger partial charge in [0.2, 0.25) is 5.95 Å². The van der Waals surface area contributed by atoms with Gasteiger partial charge in [0, 0.05) is 48.0 Å². The van der Waals surface area contributed by atoms with Crippen LogP contribution in [0.2, 0.25) is 0 Å². The number of nitrogens with zero attached hydrogens (tertiary/aromatic N) is 3. The maximum Gasteiger partial charge on any atom is 0.235 e. The molecule has 10 rings (SSSR count). The second kappa shape index (κ2) is 8.71. The second-order valence-electron chi connectivity index (χ2n) is 11.0. The summed E-state index contributed by atoms with van der Waals surface area (Å²) < 4.78 is 6.28. The lowest BCUT2D eigenvalue weighted by Crippen LogP contribution is -2.04. The van der Waals surface area contributed by atoms with Crippen LogP contribution in [0.15, 0.2) is 127 Å². The molecule has 0 aliphatic heterocycles. The molecule has 5 heteroatoms. The first-order valence-corrected chi connectivity index (χ1v) is 16.0. The zero-order valence-corrected chi connectivity index (χ0v) is 24.4. The van der Waals surface area contributed by atoms with E-state index in [1.54, 1.807) is 0 Å². The minimum absolute atomic E-state index is 0.697. The lowest BCUT2D eigenvalue weighted by molar-refractivity contribution is 1.02. The van der Waals surface area contributed by atoms with E-state index in [4.69, 9.17) is 9.97 Å². The van der Waals surface area contributed by atoms with E-state index < -0.39 is 0 Å². The fraction of sp³-hybridized carbons (Fsp3) is 0. The Labute approximate surface area is 253 Å². The SMILES string of the molecule is c1ccc(-c2nc(-n3c4ccccc4c4ccc5c(sc6sc7ccccc7c65)c43)nc3c2ccc2ccccc23)cc1. The van der Waals surface area contributed by atoms with Gasteiger partial charge in [-0.05, 0) is 23.6 Å². The number of hydrogen-bond donors (Lipinski definition) is 0. The van der Waals surface area contributed by atoms with Crippen LogP contribution >= 0.6 is 22.7 Å². The molecular formula is C38H21N3S2. The minimum Gasteiger partial charge on any atom is -0.276 e. The van der Waals surface area contributed by atoms with Crippen LogP contribution in [0.25, 0.3) is 90.3 Å². The topological polar surface area (TPSA) is 30.7 Å². The molecule has 6 aromatic carbocycles. The number of aromatic nitrogens is 3. The van der Waals surface area contributed by atoms with Crippen molar-refractivity contribution in [3.05, 3.63) is 127 Å². The van der Waals surface area contributed by atoms with E-state index in [2.05, 4.69) is 132 Å². The van der Waals surface area contributed by atoms with E-state index >= 15 is 0 Å². The van der Waals surface area contributed by atoms with E-state index in [1.165, 1.54) is 51.2 Å². The van der Waals surface area contributed by atoms with Gasteiger partial charge in [-0.2, -0.15) is 0 Å². The third-order valence-corrected chi connectivity index (χ3v) is 11.1. The first-order chi connectivity index (χ1) is 21.3. The van der Waals surface area contributed by atoms with Crippen LogP contribution < -0.4 is 0 Å². The maximum atomic E-state index is 5.39. The molecular weight excluding hydrogens is 563 g/mol. The zero-order valence-electron chi connectivity index (χ0n) is 22.8. The van der Waals surface area contributed by atoms with Crippen molar-refractivity contribution in [2.45, 2.75) is 0 Å². The van der Waals surface area contributed by atoms with Crippen molar-refractivity contribution < 1.29 is 0 Å². The number of rotatable bonds is 2. The third kappa shape index (κ3) is 3.23. The molecule has 4 heterocycles. The van der Waals surface area contributed by atoms with E-state index in [-0.39, 0.29) is 0 Å². The first kappa shape index (κ1) is 23.5. The molecule has 0 saturated carbocycles. The molecule has 200 valence electrons. The Bertz CT molecular complexity index is 2730. The van der Waals surface area contributed by atoms with Gasteiger partial charge in [0.15, 0.2) is 0 Å². The summed E-state index contributed by atoms with van der Waals surface area (Å²) in [5.41, 5.74) is 5.29. The summed E-state index contributed by atoms with van der Waals surface area (Å²) >= 11 is 3.78. The molecule has 0 saturated heterocycles. The lowest BCUT2D eigenvalue weighted by Gasteiger charge is -2.13. The Morgan fingerprint density at radius 2 is 1.23 bits per heavy atom. The van der Waals surface area contributed by atoms with Gasteiger partial charge in [-0.3, -0.25) is 4.57 Å². The van der Waals surface area contributed by atoms with Crippen LogP contribution in [-0.4, -0.2) is 14.5 Å². The van der Waals surface area contributed by atoms with Crippen molar-refractivity contribution >= 4 is 95.7 Å². The Morgan fingerprint density at radius 1 is 0.512 bits per heavy atom. The van der Waals surface area contributed by atoms with Gasteiger partial charge in [-0.25, -0.2) is 9.97 Å². The average molecular weight is 584 g/mol. The standard InChI is InChI=1S/C38H21N3S2/c1-2-11-23(12-3-1)33-29-19-18-22-10-4-5-13-24(22)34(29)40-38(39-33)41-30-16-8-6-14-25(30)26-20-21-28-32-27-15-7-9-17-31(27)42-37(32)43-36(28)35(26)41/h1-21H. The predicted molar refractivity (Wildman–Crippen MR) is 185 cm³/mol. The quantitative estimate of drug-likeness (QED) is 0.190. The number of thiophene rings is 2. The molecule has 43 heavy (non-hydrogen) atoms. The highest BCUT2D eigenvalue weighted by Gasteiger charge is 2.22. The van der Waals surface area contributed by atoms with E-state index in [0.717, 1.165) is 33.1 Å². The van der Waals surface area contributed by atoms with Crippen LogP contribution in [0.4, 0.5) is 0 Å². The Hall–Kier alpha value is -5.10. The maximum absolute atomic E-state index is 5.39. The molecule has 0 unspecified atom stereocenters. The summed E-state index contributed by atoms with van der Waals surface area (Å²) in [7, 11) is 0.